The van der Waals surface area contributed by atoms with Gasteiger partial charge in [-0.2, -0.15) is 0 Å². The molecule has 1 aromatic rings. The molecule has 0 saturated carbocycles. The first kappa shape index (κ1) is 19.0. The number of carbonyl (C=O) groups is 2. The van der Waals surface area contributed by atoms with Crippen molar-refractivity contribution in [1.82, 2.24) is 0 Å². The molecule has 0 aliphatic carbocycles. The molecule has 7 nitrogen and oxygen atoms in total. The van der Waals surface area contributed by atoms with Gasteiger partial charge < -0.3 is 18.9 Å². The second kappa shape index (κ2) is 8.66. The highest BCUT2D eigenvalue weighted by Gasteiger charge is 2.20. The highest BCUT2D eigenvalue weighted by molar-refractivity contribution is 9.10. The molecule has 0 fully saturated rings. The van der Waals surface area contributed by atoms with Gasteiger partial charge in [0.2, 0.25) is 0 Å². The summed E-state index contributed by atoms with van der Waals surface area (Å²) in [5.74, 6) is 0.135. The van der Waals surface area contributed by atoms with Crippen molar-refractivity contribution >= 4 is 39.8 Å². The van der Waals surface area contributed by atoms with E-state index < -0.39 is 11.9 Å². The van der Waals surface area contributed by atoms with Gasteiger partial charge in [0.1, 0.15) is 0 Å². The first-order valence-corrected chi connectivity index (χ1v) is 8.47. The molecule has 1 heterocycles. The van der Waals surface area contributed by atoms with Crippen LogP contribution < -0.4 is 9.47 Å². The second-order valence-electron chi connectivity index (χ2n) is 4.91. The lowest BCUT2D eigenvalue weighted by Gasteiger charge is -2.14. The Kier molecular flexibility index (Phi) is 6.58. The molecule has 1 aliphatic rings. The van der Waals surface area contributed by atoms with Gasteiger partial charge >= 0.3 is 11.9 Å². The van der Waals surface area contributed by atoms with Crippen LogP contribution in [0.5, 0.6) is 11.5 Å². The molecule has 0 bridgehead atoms. The minimum atomic E-state index is -0.505. The number of nitrogens with zero attached hydrogens (tertiary/aromatic N) is 1. The van der Waals surface area contributed by atoms with Crippen LogP contribution in [0, 0.1) is 0 Å². The van der Waals surface area contributed by atoms with E-state index in [1.807, 2.05) is 6.92 Å². The average molecular weight is 412 g/mol. The van der Waals surface area contributed by atoms with E-state index in [0.29, 0.717) is 34.0 Å². The quantitative estimate of drug-likeness (QED) is 0.506. The van der Waals surface area contributed by atoms with E-state index >= 15 is 0 Å². The summed E-state index contributed by atoms with van der Waals surface area (Å²) in [6.07, 6.45) is 1.58. The van der Waals surface area contributed by atoms with E-state index in [9.17, 15) is 9.59 Å². The molecule has 2 rings (SSSR count). The van der Waals surface area contributed by atoms with Gasteiger partial charge in [0, 0.05) is 6.92 Å². The molecule has 0 amide bonds. The summed E-state index contributed by atoms with van der Waals surface area (Å²) in [4.78, 5) is 27.2. The van der Waals surface area contributed by atoms with Gasteiger partial charge in [-0.3, -0.25) is 0 Å². The molecule has 0 aromatic heterocycles. The van der Waals surface area contributed by atoms with Gasteiger partial charge in [-0.1, -0.05) is 0 Å². The molecule has 1 aromatic carbocycles. The van der Waals surface area contributed by atoms with Crippen LogP contribution in [0.25, 0.3) is 6.08 Å². The highest BCUT2D eigenvalue weighted by Crippen LogP contribution is 2.37. The van der Waals surface area contributed by atoms with Crippen molar-refractivity contribution in [2.45, 2.75) is 20.8 Å². The number of hydrogen-bond acceptors (Lipinski definition) is 7. The third kappa shape index (κ3) is 5.06. The van der Waals surface area contributed by atoms with Crippen LogP contribution >= 0.6 is 15.9 Å². The number of esters is 2. The second-order valence-corrected chi connectivity index (χ2v) is 5.76. The topological polar surface area (TPSA) is 83.4 Å². The summed E-state index contributed by atoms with van der Waals surface area (Å²) in [5, 5.41) is 0. The Hall–Kier alpha value is -2.35. The molecule has 0 saturated heterocycles. The zero-order valence-electron chi connectivity index (χ0n) is 14.1. The maximum absolute atomic E-state index is 11.7. The minimum Gasteiger partial charge on any atom is -0.490 e. The molecule has 0 radical (unpaired) electrons. The zero-order chi connectivity index (χ0) is 18.4. The SMILES string of the molecule is CCOC(=O)COc1c(Br)cc(/C=C2\N=C(C)OC2=O)cc1OCC. The average Bonchev–Trinajstić information content (AvgIpc) is 2.84. The first-order chi connectivity index (χ1) is 11.9. The third-order valence-corrected chi connectivity index (χ3v) is 3.59. The molecule has 0 unspecified atom stereocenters. The monoisotopic (exact) mass is 411 g/mol. The lowest BCUT2D eigenvalue weighted by Crippen LogP contribution is -2.15. The molecule has 0 atom stereocenters. The fourth-order valence-corrected chi connectivity index (χ4v) is 2.66. The van der Waals surface area contributed by atoms with Crippen molar-refractivity contribution < 1.29 is 28.5 Å². The van der Waals surface area contributed by atoms with Crippen LogP contribution in [0.1, 0.15) is 26.3 Å². The highest BCUT2D eigenvalue weighted by atomic mass is 79.9. The minimum absolute atomic E-state index is 0.201. The smallest absolute Gasteiger partial charge is 0.363 e. The number of rotatable bonds is 7. The Bertz CT molecular complexity index is 741. The number of ether oxygens (including phenoxy) is 4. The molecule has 0 spiro atoms. The predicted octanol–water partition coefficient (Wildman–Crippen LogP) is 3.11. The van der Waals surface area contributed by atoms with Crippen LogP contribution in [-0.4, -0.2) is 37.7 Å². The van der Waals surface area contributed by atoms with E-state index in [-0.39, 0.29) is 18.9 Å². The molecular formula is C17H18BrNO6. The molecule has 1 aliphatic heterocycles. The van der Waals surface area contributed by atoms with Crippen molar-refractivity contribution in [1.29, 1.82) is 0 Å². The third-order valence-electron chi connectivity index (χ3n) is 3.00. The van der Waals surface area contributed by atoms with Crippen molar-refractivity contribution in [3.05, 3.63) is 27.9 Å². The molecule has 0 N–H and O–H groups in total. The summed E-state index contributed by atoms with van der Waals surface area (Å²) in [7, 11) is 0. The van der Waals surface area contributed by atoms with E-state index in [2.05, 4.69) is 20.9 Å². The van der Waals surface area contributed by atoms with Crippen LogP contribution in [0.3, 0.4) is 0 Å². The van der Waals surface area contributed by atoms with Crippen molar-refractivity contribution in [2.75, 3.05) is 19.8 Å². The summed E-state index contributed by atoms with van der Waals surface area (Å²) in [5.41, 5.74) is 0.872. The van der Waals surface area contributed by atoms with Crippen LogP contribution in [-0.2, 0) is 19.1 Å². The number of halogens is 1. The van der Waals surface area contributed by atoms with Crippen LogP contribution in [0.2, 0.25) is 0 Å². The van der Waals surface area contributed by atoms with E-state index in [1.54, 1.807) is 32.1 Å². The Balaban J connectivity index is 2.29. The van der Waals surface area contributed by atoms with Crippen LogP contribution in [0.15, 0.2) is 27.3 Å². The van der Waals surface area contributed by atoms with Crippen LogP contribution in [0.4, 0.5) is 0 Å². The Morgan fingerprint density at radius 2 is 2.04 bits per heavy atom. The van der Waals surface area contributed by atoms with Gasteiger partial charge in [-0.05, 0) is 53.5 Å². The standard InChI is InChI=1S/C17H18BrNO6/c1-4-22-14-8-11(7-13-17(21)25-10(3)19-13)6-12(18)16(14)24-9-15(20)23-5-2/h6-8H,4-5,9H2,1-3H3/b13-7-. The number of aliphatic imine (C=N–C) groups is 1. The van der Waals surface area contributed by atoms with E-state index in [4.69, 9.17) is 18.9 Å². The van der Waals surface area contributed by atoms with Crippen molar-refractivity contribution in [2.24, 2.45) is 4.99 Å². The van der Waals surface area contributed by atoms with Crippen molar-refractivity contribution in [3.63, 3.8) is 0 Å². The maximum Gasteiger partial charge on any atom is 0.363 e. The van der Waals surface area contributed by atoms with Gasteiger partial charge in [-0.25, -0.2) is 14.6 Å². The van der Waals surface area contributed by atoms with Gasteiger partial charge in [-0.15, -0.1) is 0 Å². The molecule has 25 heavy (non-hydrogen) atoms. The molecular weight excluding hydrogens is 394 g/mol. The summed E-state index contributed by atoms with van der Waals surface area (Å²) >= 11 is 3.40. The number of benzene rings is 1. The Morgan fingerprint density at radius 1 is 1.28 bits per heavy atom. The van der Waals surface area contributed by atoms with Gasteiger partial charge in [0.05, 0.1) is 17.7 Å². The number of hydrogen-bond donors (Lipinski definition) is 0. The lowest BCUT2D eigenvalue weighted by atomic mass is 10.1. The van der Waals surface area contributed by atoms with E-state index in [0.717, 1.165) is 0 Å². The predicted molar refractivity (Wildman–Crippen MR) is 94.6 cm³/mol. The summed E-state index contributed by atoms with van der Waals surface area (Å²) < 4.78 is 21.4. The summed E-state index contributed by atoms with van der Waals surface area (Å²) in [6, 6.07) is 3.42. The summed E-state index contributed by atoms with van der Waals surface area (Å²) in [6.45, 7) is 5.61. The normalized spacial score (nSPS) is 15.0. The molecule has 134 valence electrons. The van der Waals surface area contributed by atoms with E-state index in [1.165, 1.54) is 0 Å². The number of cyclic esters (lactones) is 1. The lowest BCUT2D eigenvalue weighted by molar-refractivity contribution is -0.145. The molecule has 8 heteroatoms. The van der Waals surface area contributed by atoms with Gasteiger partial charge in [0.15, 0.2) is 29.7 Å². The fraction of sp³-hybridized carbons (Fsp3) is 0.353. The fourth-order valence-electron chi connectivity index (χ4n) is 2.08. The Morgan fingerprint density at radius 3 is 2.64 bits per heavy atom. The zero-order valence-corrected chi connectivity index (χ0v) is 15.7. The first-order valence-electron chi connectivity index (χ1n) is 7.68. The van der Waals surface area contributed by atoms with Gasteiger partial charge in [0.25, 0.3) is 0 Å². The number of carbonyl (C=O) groups excluding carboxylic acids is 2. The largest absolute Gasteiger partial charge is 0.490 e. The Labute approximate surface area is 153 Å². The van der Waals surface area contributed by atoms with Crippen molar-refractivity contribution in [3.8, 4) is 11.5 Å². The maximum atomic E-state index is 11.7.